The molecule has 1 aliphatic rings. The van der Waals surface area contributed by atoms with E-state index in [9.17, 15) is 14.4 Å². The summed E-state index contributed by atoms with van der Waals surface area (Å²) in [6, 6.07) is 29.1. The molecule has 5 aromatic rings. The number of rotatable bonds is 15. The minimum Gasteiger partial charge on any atom is -0.464 e. The first-order chi connectivity index (χ1) is 26.4. The number of anilines is 1. The molecule has 2 amide bonds. The normalized spacial score (nSPS) is 17.4. The Morgan fingerprint density at radius 2 is 1.61 bits per heavy atom. The molecule has 0 unspecified atom stereocenters. The molecule has 4 atom stereocenters. The predicted octanol–water partition coefficient (Wildman–Crippen LogP) is 5.64. The van der Waals surface area contributed by atoms with Crippen molar-refractivity contribution in [3.8, 4) is 11.5 Å². The van der Waals surface area contributed by atoms with Gasteiger partial charge in [0.1, 0.15) is 12.6 Å². The Morgan fingerprint density at radius 1 is 0.926 bits per heavy atom. The van der Waals surface area contributed by atoms with Gasteiger partial charge in [-0.05, 0) is 47.7 Å². The summed E-state index contributed by atoms with van der Waals surface area (Å²) in [5.74, 6) is -0.390. The van der Waals surface area contributed by atoms with Crippen LogP contribution >= 0.6 is 11.8 Å². The monoisotopic (exact) mass is 750 g/mol. The third-order valence-corrected chi connectivity index (χ3v) is 9.90. The lowest BCUT2D eigenvalue weighted by molar-refractivity contribution is -0.144. The lowest BCUT2D eigenvalue weighted by atomic mass is 9.84. The number of benzene rings is 3. The summed E-state index contributed by atoms with van der Waals surface area (Å²) in [5, 5.41) is 18.1. The fraction of sp³-hybridized carbons (Fsp3) is 0.300. The van der Waals surface area contributed by atoms with Gasteiger partial charge in [-0.2, -0.15) is 0 Å². The van der Waals surface area contributed by atoms with Crippen molar-refractivity contribution >= 4 is 35.4 Å². The van der Waals surface area contributed by atoms with E-state index in [0.29, 0.717) is 41.9 Å². The second-order valence-corrected chi connectivity index (χ2v) is 13.6. The second-order valence-electron chi connectivity index (χ2n) is 12.6. The smallest absolute Gasteiger partial charge is 0.407 e. The number of ether oxygens (including phenoxy) is 3. The van der Waals surface area contributed by atoms with E-state index >= 15 is 0 Å². The van der Waals surface area contributed by atoms with Crippen molar-refractivity contribution in [3.63, 3.8) is 0 Å². The van der Waals surface area contributed by atoms with Crippen LogP contribution in [-0.4, -0.2) is 83.5 Å². The molecule has 0 aliphatic carbocycles. The first-order valence-electron chi connectivity index (χ1n) is 17.6. The largest absolute Gasteiger partial charge is 0.464 e. The quantitative estimate of drug-likeness (QED) is 0.0892. The number of nitrogens with zero attached hydrogens (tertiary/aromatic N) is 3. The summed E-state index contributed by atoms with van der Waals surface area (Å²) >= 11 is 1.37. The minimum absolute atomic E-state index is 0.155. The number of thioether (sulfide) groups is 1. The molecule has 3 heterocycles. The molecule has 0 spiro atoms. The molecule has 3 aromatic carbocycles. The number of alkyl carbamates (subject to hydrolysis) is 1. The van der Waals surface area contributed by atoms with E-state index in [-0.39, 0.29) is 36.7 Å². The van der Waals surface area contributed by atoms with Gasteiger partial charge < -0.3 is 34.6 Å². The summed E-state index contributed by atoms with van der Waals surface area (Å²) < 4.78 is 22.7. The lowest BCUT2D eigenvalue weighted by Gasteiger charge is -2.37. The van der Waals surface area contributed by atoms with Crippen LogP contribution < -0.4 is 16.0 Å². The van der Waals surface area contributed by atoms with Crippen LogP contribution in [0.15, 0.2) is 119 Å². The zero-order chi connectivity index (χ0) is 37.7. The van der Waals surface area contributed by atoms with Gasteiger partial charge >= 0.3 is 12.1 Å². The highest BCUT2D eigenvalue weighted by molar-refractivity contribution is 7.99. The zero-order valence-electron chi connectivity index (χ0n) is 29.9. The number of pyridine rings is 1. The van der Waals surface area contributed by atoms with E-state index in [0.717, 1.165) is 22.3 Å². The van der Waals surface area contributed by atoms with Crippen LogP contribution in [0.1, 0.15) is 36.0 Å². The van der Waals surface area contributed by atoms with Gasteiger partial charge in [-0.25, -0.2) is 4.79 Å². The van der Waals surface area contributed by atoms with Crippen molar-refractivity contribution in [2.75, 3.05) is 31.3 Å². The van der Waals surface area contributed by atoms with Crippen molar-refractivity contribution in [1.29, 1.82) is 0 Å². The van der Waals surface area contributed by atoms with Crippen molar-refractivity contribution in [2.45, 2.75) is 55.2 Å². The van der Waals surface area contributed by atoms with Crippen molar-refractivity contribution in [2.24, 2.45) is 0 Å². The fourth-order valence-electron chi connectivity index (χ4n) is 6.31. The van der Waals surface area contributed by atoms with E-state index in [1.807, 2.05) is 84.9 Å². The van der Waals surface area contributed by atoms with Crippen molar-refractivity contribution in [1.82, 2.24) is 25.8 Å². The highest BCUT2D eigenvalue weighted by Gasteiger charge is 2.34. The Hall–Kier alpha value is -5.57. The predicted molar refractivity (Wildman–Crippen MR) is 203 cm³/mol. The molecule has 0 radical (unpaired) electrons. The Kier molecular flexibility index (Phi) is 13.4. The number of methoxy groups -OCH3 is 1. The summed E-state index contributed by atoms with van der Waals surface area (Å²) in [5.41, 5.74) is 4.03. The third kappa shape index (κ3) is 10.3. The number of esters is 1. The standard InChI is InChI=1S/C40H42N6O7S/c1-26(47)51-24-33-34(25-54-40-46-45-38(53-40)30-19-21-41-22-20-30)52-31(23-42-33)18-17-27-11-9-10-16-32(27)43-37(48)36(44-39(49)50-2)35(28-12-5-3-6-13-28)29-14-7-4-8-15-29/h3-16,19-22,31,33-36,42H,17-18,23-25H2,1-2H3,(H,43,48)(H,44,49)/t31-,33-,34-,36+/m1/s1. The maximum absolute atomic E-state index is 14.2. The van der Waals surface area contributed by atoms with Crippen LogP contribution in [0.3, 0.4) is 0 Å². The number of para-hydroxylation sites is 1. The number of nitrogens with one attached hydrogen (secondary N) is 3. The molecular formula is C40H42N6O7S. The number of carbonyl (C=O) groups is 3. The van der Waals surface area contributed by atoms with Crippen LogP contribution in [0, 0.1) is 0 Å². The first-order valence-corrected chi connectivity index (χ1v) is 18.6. The van der Waals surface area contributed by atoms with Gasteiger partial charge in [0.05, 0.1) is 25.4 Å². The molecule has 1 saturated heterocycles. The third-order valence-electron chi connectivity index (χ3n) is 9.00. The van der Waals surface area contributed by atoms with Crippen molar-refractivity contribution in [3.05, 3.63) is 126 Å². The van der Waals surface area contributed by atoms with Crippen LogP contribution in [0.2, 0.25) is 0 Å². The van der Waals surface area contributed by atoms with Gasteiger partial charge in [0.25, 0.3) is 5.22 Å². The summed E-state index contributed by atoms with van der Waals surface area (Å²) in [7, 11) is 1.27. The van der Waals surface area contributed by atoms with Gasteiger partial charge in [-0.1, -0.05) is 90.6 Å². The summed E-state index contributed by atoms with van der Waals surface area (Å²) in [6.45, 7) is 2.07. The van der Waals surface area contributed by atoms with Gasteiger partial charge in [0.15, 0.2) is 0 Å². The maximum Gasteiger partial charge on any atom is 0.407 e. The first kappa shape index (κ1) is 38.2. The van der Waals surface area contributed by atoms with E-state index in [2.05, 4.69) is 31.1 Å². The van der Waals surface area contributed by atoms with E-state index in [1.54, 1.807) is 24.5 Å². The zero-order valence-corrected chi connectivity index (χ0v) is 30.7. The number of amides is 2. The highest BCUT2D eigenvalue weighted by Crippen LogP contribution is 2.31. The fourth-order valence-corrected chi connectivity index (χ4v) is 7.16. The van der Waals surface area contributed by atoms with Crippen LogP contribution in [0.4, 0.5) is 10.5 Å². The molecular weight excluding hydrogens is 709 g/mol. The summed E-state index contributed by atoms with van der Waals surface area (Å²) in [6.07, 6.45) is 3.31. The molecule has 0 bridgehead atoms. The Bertz CT molecular complexity index is 1930. The Balaban J connectivity index is 1.14. The second kappa shape index (κ2) is 19.0. The molecule has 0 saturated carbocycles. The molecule has 3 N–H and O–H groups in total. The van der Waals surface area contributed by atoms with Crippen molar-refractivity contribution < 1.29 is 33.0 Å². The average molecular weight is 751 g/mol. The van der Waals surface area contributed by atoms with E-state index in [4.69, 9.17) is 18.6 Å². The highest BCUT2D eigenvalue weighted by atomic mass is 32.2. The molecule has 2 aromatic heterocycles. The SMILES string of the molecule is COC(=O)N[C@H](C(=O)Nc1ccccc1CC[C@@H]1CN[C@H](COC(C)=O)[C@@H](CSc2nnc(-c3ccncc3)o2)O1)C(c1ccccc1)c1ccccc1. The number of morpholine rings is 1. The van der Waals surface area contributed by atoms with E-state index < -0.39 is 18.1 Å². The van der Waals surface area contributed by atoms with Gasteiger partial charge in [-0.15, -0.1) is 10.2 Å². The molecule has 54 heavy (non-hydrogen) atoms. The van der Waals surface area contributed by atoms with Crippen LogP contribution in [0.5, 0.6) is 0 Å². The molecule has 6 rings (SSSR count). The minimum atomic E-state index is -0.992. The van der Waals surface area contributed by atoms with Gasteiger partial charge in [-0.3, -0.25) is 14.6 Å². The average Bonchev–Trinajstić information content (AvgIpc) is 3.69. The number of aromatic nitrogens is 3. The molecule has 14 heteroatoms. The maximum atomic E-state index is 14.2. The molecule has 280 valence electrons. The number of hydrogen-bond donors (Lipinski definition) is 3. The van der Waals surface area contributed by atoms with Crippen LogP contribution in [0.25, 0.3) is 11.5 Å². The number of aryl methyl sites for hydroxylation is 1. The van der Waals surface area contributed by atoms with Gasteiger partial charge in [0.2, 0.25) is 11.8 Å². The molecule has 1 aliphatic heterocycles. The van der Waals surface area contributed by atoms with Gasteiger partial charge in [0, 0.05) is 48.8 Å². The Labute approximate surface area is 317 Å². The lowest BCUT2D eigenvalue weighted by Crippen LogP contribution is -2.55. The van der Waals surface area contributed by atoms with Crippen LogP contribution in [-0.2, 0) is 30.2 Å². The molecule has 1 fully saturated rings. The molecule has 13 nitrogen and oxygen atoms in total. The van der Waals surface area contributed by atoms with E-state index in [1.165, 1.54) is 25.8 Å². The number of carbonyl (C=O) groups excluding carboxylic acids is 3. The summed E-state index contributed by atoms with van der Waals surface area (Å²) in [4.78, 5) is 42.5. The Morgan fingerprint density at radius 3 is 2.30 bits per heavy atom. The topological polar surface area (TPSA) is 167 Å². The number of hydrogen-bond acceptors (Lipinski definition) is 12.